The van der Waals surface area contributed by atoms with Gasteiger partial charge in [-0.3, -0.25) is 0 Å². The predicted molar refractivity (Wildman–Crippen MR) is 54.5 cm³/mol. The standard InChI is InChI=1S/C9H7ClFN3/c10-8-4-3-7(6-9(8)11)2-1-5-13-14-12/h1-4,6H,5H2. The molecule has 0 amide bonds. The van der Waals surface area contributed by atoms with Crippen LogP contribution in [0.15, 0.2) is 29.4 Å². The minimum atomic E-state index is -0.461. The fraction of sp³-hybridized carbons (Fsp3) is 0.111. The number of rotatable bonds is 3. The fourth-order valence-electron chi connectivity index (χ4n) is 0.888. The Labute approximate surface area is 85.4 Å². The summed E-state index contributed by atoms with van der Waals surface area (Å²) in [4.78, 5) is 2.58. The van der Waals surface area contributed by atoms with Gasteiger partial charge in [0.25, 0.3) is 0 Å². The molecule has 1 aromatic rings. The molecule has 0 saturated carbocycles. The van der Waals surface area contributed by atoms with Crippen LogP contribution in [0.25, 0.3) is 16.5 Å². The van der Waals surface area contributed by atoms with Gasteiger partial charge >= 0.3 is 0 Å². The van der Waals surface area contributed by atoms with E-state index in [1.807, 2.05) is 0 Å². The van der Waals surface area contributed by atoms with Crippen molar-refractivity contribution in [2.75, 3.05) is 6.54 Å². The van der Waals surface area contributed by atoms with Gasteiger partial charge in [0, 0.05) is 11.5 Å². The largest absolute Gasteiger partial charge is 0.205 e. The van der Waals surface area contributed by atoms with Crippen LogP contribution in [-0.4, -0.2) is 6.54 Å². The zero-order chi connectivity index (χ0) is 10.4. The van der Waals surface area contributed by atoms with Crippen molar-refractivity contribution < 1.29 is 4.39 Å². The van der Waals surface area contributed by atoms with Crippen molar-refractivity contribution in [3.05, 3.63) is 51.1 Å². The Bertz CT molecular complexity index is 397. The Hall–Kier alpha value is -1.51. The van der Waals surface area contributed by atoms with Gasteiger partial charge < -0.3 is 0 Å². The molecule has 0 aliphatic heterocycles. The van der Waals surface area contributed by atoms with Crippen molar-refractivity contribution >= 4 is 17.7 Å². The number of hydrogen-bond donors (Lipinski definition) is 0. The van der Waals surface area contributed by atoms with E-state index >= 15 is 0 Å². The van der Waals surface area contributed by atoms with Crippen LogP contribution in [0.2, 0.25) is 5.02 Å². The van der Waals surface area contributed by atoms with Crippen molar-refractivity contribution in [1.29, 1.82) is 0 Å². The molecule has 0 atom stereocenters. The molecule has 14 heavy (non-hydrogen) atoms. The van der Waals surface area contributed by atoms with Crippen LogP contribution in [0, 0.1) is 5.82 Å². The lowest BCUT2D eigenvalue weighted by molar-refractivity contribution is 0.628. The lowest BCUT2D eigenvalue weighted by atomic mass is 10.2. The highest BCUT2D eigenvalue weighted by molar-refractivity contribution is 6.30. The van der Waals surface area contributed by atoms with Crippen molar-refractivity contribution in [3.63, 3.8) is 0 Å². The molecular weight excluding hydrogens is 205 g/mol. The summed E-state index contributed by atoms with van der Waals surface area (Å²) in [6.45, 7) is 0.251. The molecule has 0 aromatic heterocycles. The van der Waals surface area contributed by atoms with Crippen LogP contribution in [0.5, 0.6) is 0 Å². The highest BCUT2D eigenvalue weighted by Gasteiger charge is 1.97. The maximum absolute atomic E-state index is 12.9. The van der Waals surface area contributed by atoms with Crippen LogP contribution in [0.4, 0.5) is 4.39 Å². The highest BCUT2D eigenvalue weighted by Crippen LogP contribution is 2.16. The number of nitrogens with zero attached hydrogens (tertiary/aromatic N) is 3. The quantitative estimate of drug-likeness (QED) is 0.415. The van der Waals surface area contributed by atoms with Crippen molar-refractivity contribution in [3.8, 4) is 0 Å². The topological polar surface area (TPSA) is 48.8 Å². The van der Waals surface area contributed by atoms with E-state index in [0.717, 1.165) is 0 Å². The number of hydrogen-bond acceptors (Lipinski definition) is 1. The lowest BCUT2D eigenvalue weighted by Crippen LogP contribution is -1.79. The monoisotopic (exact) mass is 211 g/mol. The zero-order valence-corrected chi connectivity index (χ0v) is 7.95. The van der Waals surface area contributed by atoms with Gasteiger partial charge in [-0.1, -0.05) is 34.9 Å². The van der Waals surface area contributed by atoms with Gasteiger partial charge in [0.15, 0.2) is 0 Å². The smallest absolute Gasteiger partial charge is 0.142 e. The fourth-order valence-corrected chi connectivity index (χ4v) is 1.01. The molecule has 0 saturated heterocycles. The molecule has 0 spiro atoms. The number of halogens is 2. The SMILES string of the molecule is [N-]=[N+]=NCC=Cc1ccc(Cl)c(F)c1. The molecule has 1 rings (SSSR count). The molecule has 3 nitrogen and oxygen atoms in total. The molecular formula is C9H7ClFN3. The number of azide groups is 1. The summed E-state index contributed by atoms with van der Waals surface area (Å²) in [5.41, 5.74) is 8.67. The van der Waals surface area contributed by atoms with E-state index in [-0.39, 0.29) is 11.6 Å². The van der Waals surface area contributed by atoms with Crippen LogP contribution in [0.1, 0.15) is 5.56 Å². The second-order valence-corrected chi connectivity index (χ2v) is 2.90. The highest BCUT2D eigenvalue weighted by atomic mass is 35.5. The molecule has 0 unspecified atom stereocenters. The van der Waals surface area contributed by atoms with Crippen molar-refractivity contribution in [1.82, 2.24) is 0 Å². The first-order valence-electron chi connectivity index (χ1n) is 3.86. The Kier molecular flexibility index (Phi) is 3.98. The predicted octanol–water partition coefficient (Wildman–Crippen LogP) is 3.80. The first-order chi connectivity index (χ1) is 6.74. The second-order valence-electron chi connectivity index (χ2n) is 2.49. The van der Waals surface area contributed by atoms with Crippen LogP contribution in [-0.2, 0) is 0 Å². The third-order valence-electron chi connectivity index (χ3n) is 1.50. The van der Waals surface area contributed by atoms with Crippen LogP contribution < -0.4 is 0 Å². The van der Waals surface area contributed by atoms with Crippen molar-refractivity contribution in [2.24, 2.45) is 5.11 Å². The minimum Gasteiger partial charge on any atom is -0.205 e. The van der Waals surface area contributed by atoms with Gasteiger partial charge in [0.05, 0.1) is 5.02 Å². The minimum absolute atomic E-state index is 0.0946. The molecule has 0 aliphatic carbocycles. The summed E-state index contributed by atoms with van der Waals surface area (Å²) >= 11 is 5.50. The number of benzene rings is 1. The van der Waals surface area contributed by atoms with E-state index in [1.165, 1.54) is 12.1 Å². The van der Waals surface area contributed by atoms with Crippen LogP contribution >= 0.6 is 11.6 Å². The Balaban J connectivity index is 2.72. The van der Waals surface area contributed by atoms with E-state index in [0.29, 0.717) is 5.56 Å². The average molecular weight is 212 g/mol. The van der Waals surface area contributed by atoms with Gasteiger partial charge in [-0.2, -0.15) is 0 Å². The van der Waals surface area contributed by atoms with Gasteiger partial charge in [-0.05, 0) is 23.2 Å². The maximum Gasteiger partial charge on any atom is 0.142 e. The summed E-state index contributed by atoms with van der Waals surface area (Å²) in [7, 11) is 0. The van der Waals surface area contributed by atoms with E-state index in [4.69, 9.17) is 17.1 Å². The molecule has 0 aliphatic rings. The Morgan fingerprint density at radius 1 is 1.57 bits per heavy atom. The van der Waals surface area contributed by atoms with Crippen molar-refractivity contribution in [2.45, 2.75) is 0 Å². The van der Waals surface area contributed by atoms with E-state index in [1.54, 1.807) is 18.2 Å². The molecule has 0 N–H and O–H groups in total. The average Bonchev–Trinajstić information content (AvgIpc) is 2.18. The molecule has 1 aromatic carbocycles. The summed E-state index contributed by atoms with van der Waals surface area (Å²) in [5.74, 6) is -0.461. The van der Waals surface area contributed by atoms with Gasteiger partial charge in [-0.15, -0.1) is 0 Å². The molecule has 0 bridgehead atoms. The Morgan fingerprint density at radius 2 is 2.36 bits per heavy atom. The third-order valence-corrected chi connectivity index (χ3v) is 1.81. The van der Waals surface area contributed by atoms with Gasteiger partial charge in [0.2, 0.25) is 0 Å². The van der Waals surface area contributed by atoms with Gasteiger partial charge in [0.1, 0.15) is 5.82 Å². The van der Waals surface area contributed by atoms with E-state index in [9.17, 15) is 4.39 Å². The molecule has 5 heteroatoms. The third kappa shape index (κ3) is 3.09. The van der Waals surface area contributed by atoms with Gasteiger partial charge in [-0.25, -0.2) is 4.39 Å². The zero-order valence-electron chi connectivity index (χ0n) is 7.19. The molecule has 0 fully saturated rings. The van der Waals surface area contributed by atoms with E-state index < -0.39 is 5.82 Å². The lowest BCUT2D eigenvalue weighted by Gasteiger charge is -1.95. The first kappa shape index (κ1) is 10.6. The summed E-state index contributed by atoms with van der Waals surface area (Å²) in [5, 5.41) is 3.40. The van der Waals surface area contributed by atoms with Crippen LogP contribution in [0.3, 0.4) is 0 Å². The normalized spacial score (nSPS) is 10.1. The van der Waals surface area contributed by atoms with E-state index in [2.05, 4.69) is 10.0 Å². The molecule has 0 heterocycles. The Morgan fingerprint density at radius 3 is 3.00 bits per heavy atom. The molecule has 0 radical (unpaired) electrons. The maximum atomic E-state index is 12.9. The summed E-state index contributed by atoms with van der Waals surface area (Å²) in [6, 6.07) is 4.47. The second kappa shape index (κ2) is 5.27. The first-order valence-corrected chi connectivity index (χ1v) is 4.24. The molecule has 72 valence electrons. The summed E-state index contributed by atoms with van der Waals surface area (Å²) < 4.78 is 12.9. The summed E-state index contributed by atoms with van der Waals surface area (Å²) in [6.07, 6.45) is 3.30.